The first kappa shape index (κ1) is 18.3. The number of hydrogen-bond donors (Lipinski definition) is 1. The molecule has 3 rings (SSSR count). The first-order chi connectivity index (χ1) is 12.9. The van der Waals surface area contributed by atoms with Crippen molar-refractivity contribution < 1.29 is 14.1 Å². The Bertz CT molecular complexity index is 1030. The van der Waals surface area contributed by atoms with Gasteiger partial charge in [0.15, 0.2) is 0 Å². The number of rotatable bonds is 5. The molecule has 0 saturated heterocycles. The summed E-state index contributed by atoms with van der Waals surface area (Å²) in [5.41, 5.74) is 4.39. The number of furan rings is 1. The van der Waals surface area contributed by atoms with Crippen LogP contribution in [0, 0.1) is 17.0 Å². The van der Waals surface area contributed by atoms with Crippen molar-refractivity contribution in [3.05, 3.63) is 86.6 Å². The molecule has 1 heterocycles. The van der Waals surface area contributed by atoms with Gasteiger partial charge in [0.2, 0.25) is 0 Å². The van der Waals surface area contributed by atoms with Crippen LogP contribution in [0.2, 0.25) is 5.02 Å². The van der Waals surface area contributed by atoms with Crippen LogP contribution in [0.1, 0.15) is 21.7 Å². The van der Waals surface area contributed by atoms with E-state index in [0.29, 0.717) is 22.6 Å². The fourth-order valence-electron chi connectivity index (χ4n) is 2.31. The Morgan fingerprint density at radius 3 is 2.59 bits per heavy atom. The van der Waals surface area contributed by atoms with Gasteiger partial charge in [-0.2, -0.15) is 5.10 Å². The summed E-state index contributed by atoms with van der Waals surface area (Å²) in [6, 6.07) is 14.5. The quantitative estimate of drug-likeness (QED) is 0.396. The standard InChI is InChI=1S/C19H14ClN3O4/c1-12-2-4-13(5-3-12)19(24)22-21-11-15-7-9-18(27-15)16-8-6-14(23(25)26)10-17(16)20/h2-11H,1H3,(H,22,24)/b21-11+. The summed E-state index contributed by atoms with van der Waals surface area (Å²) in [6.07, 6.45) is 1.36. The number of carbonyl (C=O) groups excluding carboxylic acids is 1. The Balaban J connectivity index is 1.69. The van der Waals surface area contributed by atoms with Crippen molar-refractivity contribution in [3.63, 3.8) is 0 Å². The molecule has 0 saturated carbocycles. The summed E-state index contributed by atoms with van der Waals surface area (Å²) in [5, 5.41) is 14.8. The van der Waals surface area contributed by atoms with Gasteiger partial charge in [-0.1, -0.05) is 29.3 Å². The third-order valence-corrected chi connectivity index (χ3v) is 4.04. The van der Waals surface area contributed by atoms with Crippen molar-refractivity contribution in [1.82, 2.24) is 5.43 Å². The van der Waals surface area contributed by atoms with Crippen LogP contribution < -0.4 is 5.43 Å². The number of hydrogen-bond acceptors (Lipinski definition) is 5. The third kappa shape index (κ3) is 4.39. The molecule has 0 atom stereocenters. The molecule has 1 amide bonds. The van der Waals surface area contributed by atoms with Gasteiger partial charge in [0.05, 0.1) is 16.2 Å². The van der Waals surface area contributed by atoms with Gasteiger partial charge in [0, 0.05) is 23.3 Å². The van der Waals surface area contributed by atoms with E-state index >= 15 is 0 Å². The maximum absolute atomic E-state index is 12.0. The minimum atomic E-state index is -0.521. The zero-order chi connectivity index (χ0) is 19.4. The Labute approximate surface area is 159 Å². The second kappa shape index (κ2) is 7.84. The van der Waals surface area contributed by atoms with Crippen LogP contribution in [0.4, 0.5) is 5.69 Å². The molecule has 0 aliphatic carbocycles. The highest BCUT2D eigenvalue weighted by molar-refractivity contribution is 6.33. The van der Waals surface area contributed by atoms with Gasteiger partial charge in [0.1, 0.15) is 11.5 Å². The SMILES string of the molecule is Cc1ccc(C(=O)N/N=C/c2ccc(-c3ccc([N+](=O)[O-])cc3Cl)o2)cc1. The average molecular weight is 384 g/mol. The fraction of sp³-hybridized carbons (Fsp3) is 0.0526. The van der Waals surface area contributed by atoms with E-state index < -0.39 is 4.92 Å². The monoisotopic (exact) mass is 383 g/mol. The van der Waals surface area contributed by atoms with Gasteiger partial charge in [0.25, 0.3) is 11.6 Å². The van der Waals surface area contributed by atoms with E-state index in [2.05, 4.69) is 10.5 Å². The van der Waals surface area contributed by atoms with E-state index in [4.69, 9.17) is 16.0 Å². The number of benzene rings is 2. The number of carbonyl (C=O) groups is 1. The minimum Gasteiger partial charge on any atom is -0.455 e. The largest absolute Gasteiger partial charge is 0.455 e. The molecular weight excluding hydrogens is 370 g/mol. The molecule has 0 fully saturated rings. The molecule has 3 aromatic rings. The van der Waals surface area contributed by atoms with Crippen LogP contribution >= 0.6 is 11.6 Å². The predicted molar refractivity (Wildman–Crippen MR) is 102 cm³/mol. The lowest BCUT2D eigenvalue weighted by atomic mass is 10.1. The smallest absolute Gasteiger partial charge is 0.271 e. The number of nitro groups is 1. The summed E-state index contributed by atoms with van der Waals surface area (Å²) in [6.45, 7) is 1.94. The van der Waals surface area contributed by atoms with E-state index in [1.165, 1.54) is 24.4 Å². The maximum Gasteiger partial charge on any atom is 0.271 e. The number of non-ortho nitro benzene ring substituents is 1. The molecule has 27 heavy (non-hydrogen) atoms. The molecule has 7 nitrogen and oxygen atoms in total. The van der Waals surface area contributed by atoms with Gasteiger partial charge in [-0.3, -0.25) is 14.9 Å². The summed E-state index contributed by atoms with van der Waals surface area (Å²) in [4.78, 5) is 22.2. The molecule has 0 bridgehead atoms. The molecule has 0 spiro atoms. The van der Waals surface area contributed by atoms with Crippen molar-refractivity contribution in [1.29, 1.82) is 0 Å². The van der Waals surface area contributed by atoms with Crippen molar-refractivity contribution in [3.8, 4) is 11.3 Å². The molecule has 1 aromatic heterocycles. The van der Waals surface area contributed by atoms with Crippen LogP contribution in [-0.2, 0) is 0 Å². The molecular formula is C19H14ClN3O4. The average Bonchev–Trinajstić information content (AvgIpc) is 3.10. The van der Waals surface area contributed by atoms with E-state index in [-0.39, 0.29) is 16.6 Å². The van der Waals surface area contributed by atoms with Crippen molar-refractivity contribution in [2.24, 2.45) is 5.10 Å². The van der Waals surface area contributed by atoms with E-state index in [9.17, 15) is 14.9 Å². The van der Waals surface area contributed by atoms with Crippen molar-refractivity contribution in [2.75, 3.05) is 0 Å². The number of halogens is 1. The van der Waals surface area contributed by atoms with Crippen LogP contribution in [0.15, 0.2) is 64.1 Å². The fourth-order valence-corrected chi connectivity index (χ4v) is 2.58. The van der Waals surface area contributed by atoms with Gasteiger partial charge in [-0.25, -0.2) is 5.43 Å². The lowest BCUT2D eigenvalue weighted by Gasteiger charge is -2.01. The first-order valence-electron chi connectivity index (χ1n) is 7.88. The second-order valence-electron chi connectivity index (χ2n) is 5.69. The summed E-state index contributed by atoms with van der Waals surface area (Å²) >= 11 is 6.09. The normalized spacial score (nSPS) is 10.9. The zero-order valence-electron chi connectivity index (χ0n) is 14.2. The van der Waals surface area contributed by atoms with Crippen LogP contribution in [0.25, 0.3) is 11.3 Å². The number of nitrogens with zero attached hydrogens (tertiary/aromatic N) is 2. The third-order valence-electron chi connectivity index (χ3n) is 3.73. The first-order valence-corrected chi connectivity index (χ1v) is 8.26. The minimum absolute atomic E-state index is 0.101. The summed E-state index contributed by atoms with van der Waals surface area (Å²) in [5.74, 6) is 0.487. The number of nitrogens with one attached hydrogen (secondary N) is 1. The Morgan fingerprint density at radius 2 is 1.93 bits per heavy atom. The molecule has 0 unspecified atom stereocenters. The molecule has 0 radical (unpaired) electrons. The lowest BCUT2D eigenvalue weighted by molar-refractivity contribution is -0.384. The lowest BCUT2D eigenvalue weighted by Crippen LogP contribution is -2.17. The summed E-state index contributed by atoms with van der Waals surface area (Å²) < 4.78 is 5.60. The van der Waals surface area contributed by atoms with Gasteiger partial charge in [-0.15, -0.1) is 0 Å². The second-order valence-corrected chi connectivity index (χ2v) is 6.10. The molecule has 8 heteroatoms. The maximum atomic E-state index is 12.0. The highest BCUT2D eigenvalue weighted by Crippen LogP contribution is 2.31. The van der Waals surface area contributed by atoms with E-state index in [1.54, 1.807) is 24.3 Å². The zero-order valence-corrected chi connectivity index (χ0v) is 14.9. The number of nitro benzene ring substituents is 1. The van der Waals surface area contributed by atoms with Crippen LogP contribution in [0.3, 0.4) is 0 Å². The molecule has 136 valence electrons. The topological polar surface area (TPSA) is 97.7 Å². The Morgan fingerprint density at radius 1 is 1.19 bits per heavy atom. The Hall–Kier alpha value is -3.45. The van der Waals surface area contributed by atoms with Crippen LogP contribution in [0.5, 0.6) is 0 Å². The van der Waals surface area contributed by atoms with Gasteiger partial charge < -0.3 is 4.42 Å². The molecule has 1 N–H and O–H groups in total. The number of hydrazone groups is 1. The highest BCUT2D eigenvalue weighted by Gasteiger charge is 2.13. The predicted octanol–water partition coefficient (Wildman–Crippen LogP) is 4.58. The number of amides is 1. The molecule has 0 aliphatic heterocycles. The summed E-state index contributed by atoms with van der Waals surface area (Å²) in [7, 11) is 0. The Kier molecular flexibility index (Phi) is 5.33. The van der Waals surface area contributed by atoms with E-state index in [1.807, 2.05) is 19.1 Å². The molecule has 2 aromatic carbocycles. The molecule has 0 aliphatic rings. The number of aryl methyl sites for hydroxylation is 1. The van der Waals surface area contributed by atoms with Crippen LogP contribution in [-0.4, -0.2) is 17.0 Å². The van der Waals surface area contributed by atoms with Gasteiger partial charge >= 0.3 is 0 Å². The van der Waals surface area contributed by atoms with E-state index in [0.717, 1.165) is 5.56 Å². The van der Waals surface area contributed by atoms with Crippen molar-refractivity contribution >= 4 is 29.4 Å². The van der Waals surface area contributed by atoms with Gasteiger partial charge in [-0.05, 0) is 37.3 Å². The van der Waals surface area contributed by atoms with Crippen molar-refractivity contribution in [2.45, 2.75) is 6.92 Å². The highest BCUT2D eigenvalue weighted by atomic mass is 35.5.